The van der Waals surface area contributed by atoms with Crippen LogP contribution in [0, 0.1) is 0 Å². The van der Waals surface area contributed by atoms with Crippen LogP contribution in [0.15, 0.2) is 65.8 Å². The second kappa shape index (κ2) is 6.93. The maximum absolute atomic E-state index is 5.27. The highest BCUT2D eigenvalue weighted by atomic mass is 35.5. The summed E-state index contributed by atoms with van der Waals surface area (Å²) in [7, 11) is 0. The number of nitrogens with zero attached hydrogens (tertiary/aromatic N) is 2. The molecule has 0 aliphatic rings. The van der Waals surface area contributed by atoms with E-state index in [4.69, 9.17) is 4.42 Å². The van der Waals surface area contributed by atoms with Crippen molar-refractivity contribution in [3.8, 4) is 5.69 Å². The van der Waals surface area contributed by atoms with Crippen LogP contribution in [0.4, 0.5) is 0 Å². The van der Waals surface area contributed by atoms with Gasteiger partial charge < -0.3 is 14.3 Å². The molecule has 0 atom stereocenters. The smallest absolute Gasteiger partial charge is 0.117 e. The van der Waals surface area contributed by atoms with Gasteiger partial charge in [-0.15, -0.1) is 12.4 Å². The normalized spacial score (nSPS) is 10.2. The molecule has 3 aromatic rings. The zero-order valence-electron chi connectivity index (χ0n) is 10.9. The van der Waals surface area contributed by atoms with Crippen molar-refractivity contribution in [2.24, 2.45) is 0 Å². The predicted octanol–water partition coefficient (Wildman–Crippen LogP) is 3.18. The van der Waals surface area contributed by atoms with Crippen molar-refractivity contribution < 1.29 is 4.42 Å². The van der Waals surface area contributed by atoms with Gasteiger partial charge in [0.2, 0.25) is 0 Å². The van der Waals surface area contributed by atoms with Crippen molar-refractivity contribution in [2.75, 3.05) is 0 Å². The van der Waals surface area contributed by atoms with E-state index >= 15 is 0 Å². The van der Waals surface area contributed by atoms with Gasteiger partial charge >= 0.3 is 0 Å². The summed E-state index contributed by atoms with van der Waals surface area (Å²) >= 11 is 0. The number of aromatic nitrogens is 2. The minimum absolute atomic E-state index is 0. The largest absolute Gasteiger partial charge is 0.468 e. The number of benzene rings is 1. The van der Waals surface area contributed by atoms with Crippen molar-refractivity contribution in [1.29, 1.82) is 0 Å². The van der Waals surface area contributed by atoms with E-state index in [9.17, 15) is 0 Å². The Balaban J connectivity index is 0.00000147. The standard InChI is InChI=1S/C15H15N3O.ClH/c1-2-15(19-9-1)11-17-10-13-3-5-14(6-4-13)18-8-7-16-12-18;/h1-9,12,17H,10-11H2;1H. The van der Waals surface area contributed by atoms with Crippen molar-refractivity contribution >= 4 is 12.4 Å². The second-order valence-corrected chi connectivity index (χ2v) is 4.32. The van der Waals surface area contributed by atoms with E-state index in [1.54, 1.807) is 18.8 Å². The van der Waals surface area contributed by atoms with E-state index in [0.29, 0.717) is 0 Å². The number of furan rings is 1. The molecule has 0 aliphatic carbocycles. The van der Waals surface area contributed by atoms with Gasteiger partial charge in [-0.1, -0.05) is 12.1 Å². The van der Waals surface area contributed by atoms with E-state index in [1.807, 2.05) is 22.9 Å². The molecule has 2 aromatic heterocycles. The molecular weight excluding hydrogens is 274 g/mol. The van der Waals surface area contributed by atoms with Crippen LogP contribution in [-0.2, 0) is 13.1 Å². The first-order chi connectivity index (χ1) is 9.42. The van der Waals surface area contributed by atoms with E-state index in [0.717, 1.165) is 24.5 Å². The highest BCUT2D eigenvalue weighted by Gasteiger charge is 1.98. The summed E-state index contributed by atoms with van der Waals surface area (Å²) in [4.78, 5) is 4.04. The molecule has 20 heavy (non-hydrogen) atoms. The lowest BCUT2D eigenvalue weighted by Crippen LogP contribution is -2.12. The summed E-state index contributed by atoms with van der Waals surface area (Å²) in [6.07, 6.45) is 7.20. The molecule has 1 N–H and O–H groups in total. The van der Waals surface area contributed by atoms with Gasteiger partial charge in [-0.25, -0.2) is 4.98 Å². The quantitative estimate of drug-likeness (QED) is 0.784. The first-order valence-corrected chi connectivity index (χ1v) is 6.22. The number of hydrogen-bond donors (Lipinski definition) is 1. The van der Waals surface area contributed by atoms with Crippen molar-refractivity contribution in [3.63, 3.8) is 0 Å². The van der Waals surface area contributed by atoms with Crippen LogP contribution in [0.2, 0.25) is 0 Å². The van der Waals surface area contributed by atoms with E-state index in [2.05, 4.69) is 34.6 Å². The molecule has 1 aromatic carbocycles. The van der Waals surface area contributed by atoms with Crippen LogP contribution in [0.3, 0.4) is 0 Å². The Kier molecular flexibility index (Phi) is 4.98. The molecule has 104 valence electrons. The molecule has 3 rings (SSSR count). The third-order valence-corrected chi connectivity index (χ3v) is 2.95. The third kappa shape index (κ3) is 3.50. The number of imidazole rings is 1. The molecule has 0 bridgehead atoms. The zero-order valence-corrected chi connectivity index (χ0v) is 11.7. The average Bonchev–Trinajstić information content (AvgIpc) is 3.13. The Labute approximate surface area is 123 Å². The molecule has 0 amide bonds. The Morgan fingerprint density at radius 2 is 1.95 bits per heavy atom. The number of hydrogen-bond acceptors (Lipinski definition) is 3. The van der Waals surface area contributed by atoms with Gasteiger partial charge in [0.1, 0.15) is 5.76 Å². The van der Waals surface area contributed by atoms with Crippen LogP contribution in [0.5, 0.6) is 0 Å². The molecule has 0 unspecified atom stereocenters. The zero-order chi connectivity index (χ0) is 12.9. The molecule has 0 spiro atoms. The Morgan fingerprint density at radius 3 is 2.60 bits per heavy atom. The second-order valence-electron chi connectivity index (χ2n) is 4.32. The molecule has 0 aliphatic heterocycles. The van der Waals surface area contributed by atoms with Gasteiger partial charge in [0.25, 0.3) is 0 Å². The van der Waals surface area contributed by atoms with Crippen LogP contribution in [-0.4, -0.2) is 9.55 Å². The minimum atomic E-state index is 0. The molecular formula is C15H16ClN3O. The van der Waals surface area contributed by atoms with Crippen LogP contribution in [0.1, 0.15) is 11.3 Å². The van der Waals surface area contributed by atoms with Crippen molar-refractivity contribution in [3.05, 3.63) is 72.7 Å². The molecule has 0 radical (unpaired) electrons. The topological polar surface area (TPSA) is 43.0 Å². The lowest BCUT2D eigenvalue weighted by Gasteiger charge is -2.05. The molecule has 4 nitrogen and oxygen atoms in total. The van der Waals surface area contributed by atoms with Gasteiger partial charge in [0, 0.05) is 24.6 Å². The lowest BCUT2D eigenvalue weighted by atomic mass is 10.2. The average molecular weight is 290 g/mol. The first kappa shape index (κ1) is 14.4. The van der Waals surface area contributed by atoms with Crippen LogP contribution < -0.4 is 5.32 Å². The van der Waals surface area contributed by atoms with Crippen LogP contribution in [0.25, 0.3) is 5.69 Å². The highest BCUT2D eigenvalue weighted by Crippen LogP contribution is 2.09. The summed E-state index contributed by atoms with van der Waals surface area (Å²) < 4.78 is 7.25. The van der Waals surface area contributed by atoms with E-state index in [1.165, 1.54) is 5.56 Å². The molecule has 5 heteroatoms. The number of nitrogens with one attached hydrogen (secondary N) is 1. The van der Waals surface area contributed by atoms with Gasteiger partial charge in [0.15, 0.2) is 0 Å². The summed E-state index contributed by atoms with van der Waals surface area (Å²) in [5, 5.41) is 3.35. The van der Waals surface area contributed by atoms with Crippen molar-refractivity contribution in [1.82, 2.24) is 14.9 Å². The fourth-order valence-electron chi connectivity index (χ4n) is 1.94. The van der Waals surface area contributed by atoms with Gasteiger partial charge in [-0.3, -0.25) is 0 Å². The number of halogens is 1. The van der Waals surface area contributed by atoms with Gasteiger partial charge in [-0.05, 0) is 29.8 Å². The van der Waals surface area contributed by atoms with Crippen molar-refractivity contribution in [2.45, 2.75) is 13.1 Å². The third-order valence-electron chi connectivity index (χ3n) is 2.95. The van der Waals surface area contributed by atoms with Gasteiger partial charge in [0.05, 0.1) is 19.1 Å². The summed E-state index contributed by atoms with van der Waals surface area (Å²) in [6, 6.07) is 12.3. The van der Waals surface area contributed by atoms with E-state index < -0.39 is 0 Å². The summed E-state index contributed by atoms with van der Waals surface area (Å²) in [5.74, 6) is 0.954. The SMILES string of the molecule is Cl.c1coc(CNCc2ccc(-n3ccnc3)cc2)c1. The van der Waals surface area contributed by atoms with Gasteiger partial charge in [-0.2, -0.15) is 0 Å². The maximum atomic E-state index is 5.27. The monoisotopic (exact) mass is 289 g/mol. The fourth-order valence-corrected chi connectivity index (χ4v) is 1.94. The fraction of sp³-hybridized carbons (Fsp3) is 0.133. The first-order valence-electron chi connectivity index (χ1n) is 6.22. The van der Waals surface area contributed by atoms with Crippen LogP contribution >= 0.6 is 12.4 Å². The Hall–Kier alpha value is -2.04. The predicted molar refractivity (Wildman–Crippen MR) is 80.1 cm³/mol. The van der Waals surface area contributed by atoms with E-state index in [-0.39, 0.29) is 12.4 Å². The minimum Gasteiger partial charge on any atom is -0.468 e. The Bertz CT molecular complexity index is 603. The summed E-state index contributed by atoms with van der Waals surface area (Å²) in [5.41, 5.74) is 2.36. The number of rotatable bonds is 5. The summed E-state index contributed by atoms with van der Waals surface area (Å²) in [6.45, 7) is 1.57. The molecule has 0 fully saturated rings. The Morgan fingerprint density at radius 1 is 1.10 bits per heavy atom. The molecule has 0 saturated carbocycles. The molecule has 0 saturated heterocycles. The lowest BCUT2D eigenvalue weighted by molar-refractivity contribution is 0.483. The maximum Gasteiger partial charge on any atom is 0.117 e. The molecule has 2 heterocycles. The highest BCUT2D eigenvalue weighted by molar-refractivity contribution is 5.85.